The summed E-state index contributed by atoms with van der Waals surface area (Å²) in [5, 5.41) is 1.21. The number of anilines is 1. The lowest BCUT2D eigenvalue weighted by Gasteiger charge is -2.37. The van der Waals surface area contributed by atoms with E-state index < -0.39 is 10.6 Å². The Balaban J connectivity index is 1.36. The highest BCUT2D eigenvalue weighted by molar-refractivity contribution is 8.23. The maximum Gasteiger partial charge on any atom is 0.264 e. The zero-order chi connectivity index (χ0) is 21.8. The summed E-state index contributed by atoms with van der Waals surface area (Å²) < 4.78 is 21.1. The van der Waals surface area contributed by atoms with E-state index in [2.05, 4.69) is 4.90 Å². The number of carbonyl (C=O) groups excluding carboxylic acids is 1. The average Bonchev–Trinajstić information content (AvgIpc) is 3.17. The Bertz CT molecular complexity index is 1150. The van der Waals surface area contributed by atoms with Gasteiger partial charge in [-0.3, -0.25) is 13.9 Å². The molecule has 0 saturated carbocycles. The van der Waals surface area contributed by atoms with Gasteiger partial charge >= 0.3 is 0 Å². The van der Waals surface area contributed by atoms with Gasteiger partial charge in [0, 0.05) is 36.6 Å². The van der Waals surface area contributed by atoms with Crippen molar-refractivity contribution in [3.63, 3.8) is 0 Å². The van der Waals surface area contributed by atoms with Crippen molar-refractivity contribution in [2.45, 2.75) is 10.6 Å². The number of hydrogen-bond donors (Lipinski definition) is 2. The van der Waals surface area contributed by atoms with Crippen molar-refractivity contribution in [3.8, 4) is 10.4 Å². The van der Waals surface area contributed by atoms with Gasteiger partial charge in [0.15, 0.2) is 0 Å². The molecule has 0 radical (unpaired) electrons. The lowest BCUT2D eigenvalue weighted by molar-refractivity contribution is 0.0751. The lowest BCUT2D eigenvalue weighted by atomic mass is 10.1. The third-order valence-electron chi connectivity index (χ3n) is 5.68. The van der Waals surface area contributed by atoms with Crippen molar-refractivity contribution < 1.29 is 13.9 Å². The fourth-order valence-corrected chi connectivity index (χ4v) is 7.80. The highest BCUT2D eigenvalue weighted by Crippen LogP contribution is 2.60. The number of benzene rings is 2. The Kier molecular flexibility index (Phi) is 5.45. The fraction of sp³-hybridized carbons (Fsp3) is 0.227. The first-order valence-corrected chi connectivity index (χ1v) is 13.1. The molecule has 3 aromatic rings. The van der Waals surface area contributed by atoms with Gasteiger partial charge < -0.3 is 9.80 Å². The van der Waals surface area contributed by atoms with Crippen LogP contribution in [0.2, 0.25) is 10.0 Å². The van der Waals surface area contributed by atoms with E-state index >= 15 is 0 Å². The summed E-state index contributed by atoms with van der Waals surface area (Å²) in [5.41, 5.74) is 2.45. The number of carbonyl (C=O) groups is 1. The Labute approximate surface area is 196 Å². The molecule has 162 valence electrons. The van der Waals surface area contributed by atoms with E-state index in [4.69, 9.17) is 23.2 Å². The zero-order valence-corrected chi connectivity index (χ0v) is 19.6. The monoisotopic (exact) mass is 494 g/mol. The van der Waals surface area contributed by atoms with E-state index in [9.17, 15) is 13.9 Å². The van der Waals surface area contributed by atoms with Crippen LogP contribution >= 0.6 is 45.1 Å². The van der Waals surface area contributed by atoms with Gasteiger partial charge in [0.2, 0.25) is 0 Å². The highest BCUT2D eigenvalue weighted by atomic mass is 35.5. The molecule has 31 heavy (non-hydrogen) atoms. The van der Waals surface area contributed by atoms with Crippen LogP contribution in [0.1, 0.15) is 15.2 Å². The molecule has 1 amide bonds. The van der Waals surface area contributed by atoms with Crippen molar-refractivity contribution in [1.29, 1.82) is 0 Å². The number of amides is 1. The SMILES string of the molecule is O=C(c1cc2c(s1)-c1ccccc1S(O)(O)C2)N1CCN(c2c(Cl)cccc2Cl)CC1. The third-order valence-corrected chi connectivity index (χ3v) is 9.26. The molecular weight excluding hydrogens is 475 g/mol. The maximum atomic E-state index is 13.2. The van der Waals surface area contributed by atoms with Gasteiger partial charge in [-0.2, -0.15) is 10.6 Å². The minimum atomic E-state index is -2.89. The number of hydrogen-bond acceptors (Lipinski definition) is 5. The van der Waals surface area contributed by atoms with E-state index in [1.165, 1.54) is 11.3 Å². The molecule has 0 spiro atoms. The van der Waals surface area contributed by atoms with Gasteiger partial charge in [0.05, 0.1) is 31.3 Å². The Hall–Kier alpha value is -1.74. The predicted molar refractivity (Wildman–Crippen MR) is 129 cm³/mol. The second-order valence-corrected chi connectivity index (χ2v) is 11.6. The topological polar surface area (TPSA) is 64.0 Å². The molecule has 2 aliphatic rings. The quantitative estimate of drug-likeness (QED) is 0.438. The minimum Gasteiger partial charge on any atom is -0.366 e. The van der Waals surface area contributed by atoms with E-state index in [0.717, 1.165) is 21.7 Å². The van der Waals surface area contributed by atoms with Crippen molar-refractivity contribution in [2.75, 3.05) is 31.1 Å². The first-order chi connectivity index (χ1) is 14.8. The lowest BCUT2D eigenvalue weighted by Crippen LogP contribution is -2.48. The molecule has 5 rings (SSSR count). The second kappa shape index (κ2) is 7.99. The summed E-state index contributed by atoms with van der Waals surface area (Å²) in [7, 11) is -2.89. The van der Waals surface area contributed by atoms with Crippen LogP contribution < -0.4 is 4.90 Å². The summed E-state index contributed by atoms with van der Waals surface area (Å²) in [5.74, 6) is 0.125. The molecule has 0 bridgehead atoms. The molecular formula is C22H20Cl2N2O3S2. The van der Waals surface area contributed by atoms with Gasteiger partial charge in [-0.05, 0) is 29.8 Å². The first kappa shape index (κ1) is 21.1. The van der Waals surface area contributed by atoms with Crippen LogP contribution in [0.25, 0.3) is 10.4 Å². The smallest absolute Gasteiger partial charge is 0.264 e. The molecule has 1 aromatic heterocycles. The number of fused-ring (bicyclic) bond motifs is 3. The third kappa shape index (κ3) is 3.73. The summed E-state index contributed by atoms with van der Waals surface area (Å²) in [6, 6.07) is 14.6. The number of rotatable bonds is 2. The van der Waals surface area contributed by atoms with Crippen molar-refractivity contribution in [1.82, 2.24) is 4.90 Å². The molecule has 0 atom stereocenters. The molecule has 9 heteroatoms. The van der Waals surface area contributed by atoms with Crippen LogP contribution in [-0.2, 0) is 5.75 Å². The molecule has 2 N–H and O–H groups in total. The largest absolute Gasteiger partial charge is 0.366 e. The Morgan fingerprint density at radius 3 is 2.35 bits per heavy atom. The molecule has 0 unspecified atom stereocenters. The second-order valence-electron chi connectivity index (χ2n) is 7.62. The molecule has 2 aromatic carbocycles. The molecule has 2 aliphatic heterocycles. The standard InChI is InChI=1S/C22H20Cl2N2O3S2/c23-16-5-3-6-17(24)20(16)25-8-10-26(11-9-25)22(27)18-12-14-13-31(28,29)19-7-2-1-4-15(19)21(14)30-18/h1-7,12,28-29H,8-11,13H2. The van der Waals surface area contributed by atoms with Crippen LogP contribution in [0.15, 0.2) is 53.4 Å². The van der Waals surface area contributed by atoms with Crippen molar-refractivity contribution >= 4 is 56.7 Å². The number of thiophene rings is 1. The fourth-order valence-electron chi connectivity index (χ4n) is 4.18. The number of para-hydroxylation sites is 1. The average molecular weight is 495 g/mol. The van der Waals surface area contributed by atoms with Crippen molar-refractivity contribution in [2.24, 2.45) is 0 Å². The van der Waals surface area contributed by atoms with Gasteiger partial charge in [-0.25, -0.2) is 0 Å². The maximum absolute atomic E-state index is 13.2. The van der Waals surface area contributed by atoms with Gasteiger partial charge in [-0.15, -0.1) is 11.3 Å². The summed E-state index contributed by atoms with van der Waals surface area (Å²) in [6.45, 7) is 2.41. The van der Waals surface area contributed by atoms with E-state index in [0.29, 0.717) is 46.0 Å². The summed E-state index contributed by atoms with van der Waals surface area (Å²) in [4.78, 5) is 19.3. The summed E-state index contributed by atoms with van der Waals surface area (Å²) >= 11 is 14.1. The van der Waals surface area contributed by atoms with Gasteiger partial charge in [0.25, 0.3) is 5.91 Å². The van der Waals surface area contributed by atoms with Crippen LogP contribution in [0, 0.1) is 0 Å². The highest BCUT2D eigenvalue weighted by Gasteiger charge is 2.32. The number of nitrogens with zero attached hydrogens (tertiary/aromatic N) is 2. The van der Waals surface area contributed by atoms with Crippen LogP contribution in [0.5, 0.6) is 0 Å². The van der Waals surface area contributed by atoms with E-state index in [1.807, 2.05) is 47.4 Å². The van der Waals surface area contributed by atoms with Gasteiger partial charge in [0.1, 0.15) is 0 Å². The molecule has 5 nitrogen and oxygen atoms in total. The number of piperazine rings is 1. The minimum absolute atomic E-state index is 0.0294. The molecule has 1 saturated heterocycles. The van der Waals surface area contributed by atoms with E-state index in [-0.39, 0.29) is 11.7 Å². The normalized spacial score (nSPS) is 18.3. The van der Waals surface area contributed by atoms with E-state index in [1.54, 1.807) is 6.07 Å². The van der Waals surface area contributed by atoms with Crippen molar-refractivity contribution in [3.05, 3.63) is 69.0 Å². The number of halogens is 2. The molecule has 3 heterocycles. The zero-order valence-electron chi connectivity index (χ0n) is 16.4. The predicted octanol–water partition coefficient (Wildman–Crippen LogP) is 6.31. The van der Waals surface area contributed by atoms with Crippen LogP contribution in [-0.4, -0.2) is 46.1 Å². The first-order valence-electron chi connectivity index (χ1n) is 9.81. The summed E-state index contributed by atoms with van der Waals surface area (Å²) in [6.07, 6.45) is 0. The Morgan fingerprint density at radius 2 is 1.65 bits per heavy atom. The van der Waals surface area contributed by atoms with Gasteiger partial charge in [-0.1, -0.05) is 47.5 Å². The van der Waals surface area contributed by atoms with Crippen LogP contribution in [0.4, 0.5) is 5.69 Å². The van der Waals surface area contributed by atoms with Crippen LogP contribution in [0.3, 0.4) is 0 Å². The molecule has 0 aliphatic carbocycles. The Morgan fingerprint density at radius 1 is 0.968 bits per heavy atom. The molecule has 1 fully saturated rings.